The Morgan fingerprint density at radius 1 is 1.37 bits per heavy atom. The van der Waals surface area contributed by atoms with Crippen LogP contribution in [-0.4, -0.2) is 4.98 Å². The average Bonchev–Trinajstić information content (AvgIpc) is 2.37. The molecule has 0 saturated heterocycles. The molecule has 1 heterocycles. The van der Waals surface area contributed by atoms with Crippen LogP contribution >= 0.6 is 27.5 Å². The van der Waals surface area contributed by atoms with Crippen molar-refractivity contribution in [1.82, 2.24) is 4.98 Å². The largest absolute Gasteiger partial charge is 0.487 e. The lowest BCUT2D eigenvalue weighted by atomic mass is 10.1. The van der Waals surface area contributed by atoms with Crippen molar-refractivity contribution < 1.29 is 4.74 Å². The van der Waals surface area contributed by atoms with E-state index in [0.29, 0.717) is 17.4 Å². The zero-order valence-electron chi connectivity index (χ0n) is 10.4. The van der Waals surface area contributed by atoms with Gasteiger partial charge in [0.1, 0.15) is 12.4 Å². The van der Waals surface area contributed by atoms with Crippen molar-refractivity contribution >= 4 is 27.5 Å². The van der Waals surface area contributed by atoms with Crippen LogP contribution in [0.2, 0.25) is 5.02 Å². The summed E-state index contributed by atoms with van der Waals surface area (Å²) in [7, 11) is 0. The van der Waals surface area contributed by atoms with Crippen molar-refractivity contribution in [3.63, 3.8) is 0 Å². The third-order valence-corrected chi connectivity index (χ3v) is 3.37. The highest BCUT2D eigenvalue weighted by molar-refractivity contribution is 9.10. The summed E-state index contributed by atoms with van der Waals surface area (Å²) in [5.74, 6) is 0.644. The maximum atomic E-state index is 6.17. The molecule has 19 heavy (non-hydrogen) atoms. The number of hydrogen-bond acceptors (Lipinski definition) is 3. The van der Waals surface area contributed by atoms with Gasteiger partial charge in [-0.15, -0.1) is 0 Å². The average molecular weight is 342 g/mol. The van der Waals surface area contributed by atoms with E-state index < -0.39 is 0 Å². The lowest BCUT2D eigenvalue weighted by Gasteiger charge is -2.11. The molecule has 0 aliphatic carbocycles. The van der Waals surface area contributed by atoms with Gasteiger partial charge in [0.25, 0.3) is 0 Å². The van der Waals surface area contributed by atoms with Crippen molar-refractivity contribution in [2.75, 3.05) is 0 Å². The predicted molar refractivity (Wildman–Crippen MR) is 80.3 cm³/mol. The number of nitrogens with two attached hydrogens (primary N) is 1. The number of nitrogens with zero attached hydrogens (tertiary/aromatic N) is 1. The molecule has 0 fully saturated rings. The van der Waals surface area contributed by atoms with Crippen LogP contribution < -0.4 is 10.5 Å². The molecule has 1 atom stereocenters. The van der Waals surface area contributed by atoms with Gasteiger partial charge >= 0.3 is 0 Å². The topological polar surface area (TPSA) is 48.1 Å². The first-order valence-electron chi connectivity index (χ1n) is 5.83. The molecular formula is C14H14BrClN2O. The number of ether oxygens (including phenoxy) is 1. The summed E-state index contributed by atoms with van der Waals surface area (Å²) >= 11 is 9.54. The molecule has 0 saturated carbocycles. The first-order valence-corrected chi connectivity index (χ1v) is 7.00. The molecule has 2 rings (SSSR count). The standard InChI is InChI=1S/C14H14BrClN2O/c1-9(17)11-2-3-14(13(16)5-11)19-8-10-4-12(15)7-18-6-10/h2-7,9H,8,17H2,1H3/t9-/m0/s1. The van der Waals surface area contributed by atoms with Gasteiger partial charge in [0.05, 0.1) is 5.02 Å². The highest BCUT2D eigenvalue weighted by Crippen LogP contribution is 2.28. The number of benzene rings is 1. The Labute approximate surface area is 125 Å². The fourth-order valence-electron chi connectivity index (χ4n) is 1.61. The number of hydrogen-bond donors (Lipinski definition) is 1. The summed E-state index contributed by atoms with van der Waals surface area (Å²) in [6, 6.07) is 7.51. The van der Waals surface area contributed by atoms with Crippen molar-refractivity contribution in [3.05, 3.63) is 57.3 Å². The summed E-state index contributed by atoms with van der Waals surface area (Å²) in [5, 5.41) is 0.567. The summed E-state index contributed by atoms with van der Waals surface area (Å²) in [4.78, 5) is 4.08. The molecule has 5 heteroatoms. The van der Waals surface area contributed by atoms with Crippen LogP contribution in [0.4, 0.5) is 0 Å². The van der Waals surface area contributed by atoms with Gasteiger partial charge in [-0.1, -0.05) is 17.7 Å². The Morgan fingerprint density at radius 3 is 2.79 bits per heavy atom. The van der Waals surface area contributed by atoms with Crippen molar-refractivity contribution in [2.24, 2.45) is 5.73 Å². The van der Waals surface area contributed by atoms with Gasteiger partial charge in [-0.3, -0.25) is 4.98 Å². The smallest absolute Gasteiger partial charge is 0.138 e. The zero-order valence-corrected chi connectivity index (χ0v) is 12.8. The summed E-state index contributed by atoms with van der Waals surface area (Å²) < 4.78 is 6.60. The Bertz CT molecular complexity index is 575. The number of aromatic nitrogens is 1. The highest BCUT2D eigenvalue weighted by Gasteiger charge is 2.06. The third-order valence-electron chi connectivity index (χ3n) is 2.64. The molecule has 0 aliphatic rings. The highest BCUT2D eigenvalue weighted by atomic mass is 79.9. The van der Waals surface area contributed by atoms with E-state index in [0.717, 1.165) is 15.6 Å². The van der Waals surface area contributed by atoms with E-state index in [2.05, 4.69) is 20.9 Å². The van der Waals surface area contributed by atoms with Crippen molar-refractivity contribution in [1.29, 1.82) is 0 Å². The lowest BCUT2D eigenvalue weighted by Crippen LogP contribution is -2.05. The molecule has 0 amide bonds. The fourth-order valence-corrected chi connectivity index (χ4v) is 2.27. The summed E-state index contributed by atoms with van der Waals surface area (Å²) in [5.41, 5.74) is 7.76. The van der Waals surface area contributed by atoms with Crippen LogP contribution in [0.5, 0.6) is 5.75 Å². The van der Waals surface area contributed by atoms with E-state index in [9.17, 15) is 0 Å². The second-order valence-corrected chi connectivity index (χ2v) is 5.60. The molecule has 100 valence electrons. The van der Waals surface area contributed by atoms with Gasteiger partial charge < -0.3 is 10.5 Å². The van der Waals surface area contributed by atoms with Crippen molar-refractivity contribution in [2.45, 2.75) is 19.6 Å². The van der Waals surface area contributed by atoms with Crippen LogP contribution in [0, 0.1) is 0 Å². The maximum absolute atomic E-state index is 6.17. The third kappa shape index (κ3) is 3.93. The van der Waals surface area contributed by atoms with Gasteiger partial charge in [0.2, 0.25) is 0 Å². The second-order valence-electron chi connectivity index (χ2n) is 4.28. The van der Waals surface area contributed by atoms with Crippen LogP contribution in [0.1, 0.15) is 24.1 Å². The molecule has 1 aromatic heterocycles. The van der Waals surface area contributed by atoms with Gasteiger partial charge in [0, 0.05) is 28.5 Å². The zero-order chi connectivity index (χ0) is 13.8. The Balaban J connectivity index is 2.07. The van der Waals surface area contributed by atoms with Crippen LogP contribution in [0.15, 0.2) is 41.1 Å². The normalized spacial score (nSPS) is 12.2. The Kier molecular flexibility index (Phi) is 4.80. The van der Waals surface area contributed by atoms with Crippen molar-refractivity contribution in [3.8, 4) is 5.75 Å². The molecule has 2 N–H and O–H groups in total. The first kappa shape index (κ1) is 14.3. The van der Waals surface area contributed by atoms with Crippen LogP contribution in [0.3, 0.4) is 0 Å². The van der Waals surface area contributed by atoms with Gasteiger partial charge in [-0.05, 0) is 46.6 Å². The quantitative estimate of drug-likeness (QED) is 0.911. The van der Waals surface area contributed by atoms with Gasteiger partial charge in [-0.2, -0.15) is 0 Å². The van der Waals surface area contributed by atoms with E-state index in [-0.39, 0.29) is 6.04 Å². The maximum Gasteiger partial charge on any atom is 0.138 e. The Morgan fingerprint density at radius 2 is 2.16 bits per heavy atom. The van der Waals surface area contributed by atoms with E-state index in [1.807, 2.05) is 31.2 Å². The molecule has 0 unspecified atom stereocenters. The van der Waals surface area contributed by atoms with E-state index >= 15 is 0 Å². The van der Waals surface area contributed by atoms with Gasteiger partial charge in [0.15, 0.2) is 0 Å². The minimum absolute atomic E-state index is 0.0409. The van der Waals surface area contributed by atoms with E-state index in [4.69, 9.17) is 22.1 Å². The predicted octanol–water partition coefficient (Wildman–Crippen LogP) is 4.10. The fraction of sp³-hybridized carbons (Fsp3) is 0.214. The summed E-state index contributed by atoms with van der Waals surface area (Å²) in [6.45, 7) is 2.34. The Hall–Kier alpha value is -1.10. The number of pyridine rings is 1. The first-order chi connectivity index (χ1) is 9.06. The minimum atomic E-state index is -0.0409. The lowest BCUT2D eigenvalue weighted by molar-refractivity contribution is 0.306. The molecule has 1 aromatic carbocycles. The molecular weight excluding hydrogens is 328 g/mol. The molecule has 0 radical (unpaired) electrons. The molecule has 2 aromatic rings. The number of rotatable bonds is 4. The molecule has 0 bridgehead atoms. The SMILES string of the molecule is C[C@H](N)c1ccc(OCc2cncc(Br)c2)c(Cl)c1. The molecule has 0 spiro atoms. The van der Waals surface area contributed by atoms with E-state index in [1.54, 1.807) is 12.4 Å². The van der Waals surface area contributed by atoms with Crippen LogP contribution in [-0.2, 0) is 6.61 Å². The minimum Gasteiger partial charge on any atom is -0.487 e. The van der Waals surface area contributed by atoms with Gasteiger partial charge in [-0.25, -0.2) is 0 Å². The molecule has 0 aliphatic heterocycles. The second kappa shape index (κ2) is 6.37. The number of halogens is 2. The molecule has 3 nitrogen and oxygen atoms in total. The summed E-state index contributed by atoms with van der Waals surface area (Å²) in [6.07, 6.45) is 3.49. The monoisotopic (exact) mass is 340 g/mol. The van der Waals surface area contributed by atoms with E-state index in [1.165, 1.54) is 0 Å². The van der Waals surface area contributed by atoms with Crippen LogP contribution in [0.25, 0.3) is 0 Å².